The van der Waals surface area contributed by atoms with Gasteiger partial charge < -0.3 is 9.80 Å². The lowest BCUT2D eigenvalue weighted by atomic mass is 10.4. The van der Waals surface area contributed by atoms with Crippen LogP contribution < -0.4 is 0 Å². The molecule has 1 saturated heterocycles. The van der Waals surface area contributed by atoms with Crippen molar-refractivity contribution < 1.29 is 0 Å². The minimum Gasteiger partial charge on any atom is -0.302 e. The molecular weight excluding hydrogens is 228 g/mol. The molecule has 0 radical (unpaired) electrons. The molecular formula is C10H21BrN2. The molecule has 13 heavy (non-hydrogen) atoms. The van der Waals surface area contributed by atoms with Crippen molar-refractivity contribution in [2.75, 3.05) is 44.6 Å². The molecule has 0 spiro atoms. The molecule has 1 aliphatic heterocycles. The maximum Gasteiger partial charge on any atom is 0.0159 e. The minimum atomic E-state index is 1.10. The van der Waals surface area contributed by atoms with Gasteiger partial charge in [0.1, 0.15) is 0 Å². The molecule has 0 saturated carbocycles. The summed E-state index contributed by atoms with van der Waals surface area (Å²) in [5.41, 5.74) is 0. The van der Waals surface area contributed by atoms with Gasteiger partial charge in [0, 0.05) is 25.0 Å². The fourth-order valence-electron chi connectivity index (χ4n) is 1.84. The second-order valence-electron chi connectivity index (χ2n) is 3.67. The van der Waals surface area contributed by atoms with Crippen LogP contribution >= 0.6 is 15.9 Å². The van der Waals surface area contributed by atoms with Crippen molar-refractivity contribution in [2.45, 2.75) is 19.8 Å². The summed E-state index contributed by atoms with van der Waals surface area (Å²) in [6, 6.07) is 0. The van der Waals surface area contributed by atoms with Crippen LogP contribution in [0.3, 0.4) is 0 Å². The number of halogens is 1. The van der Waals surface area contributed by atoms with Crippen molar-refractivity contribution in [3.63, 3.8) is 0 Å². The number of likely N-dealkylation sites (tertiary alicyclic amines) is 1. The fourth-order valence-corrected chi connectivity index (χ4v) is 2.34. The molecule has 1 heterocycles. The molecule has 0 aliphatic carbocycles. The molecule has 1 fully saturated rings. The Morgan fingerprint density at radius 2 is 1.92 bits per heavy atom. The summed E-state index contributed by atoms with van der Waals surface area (Å²) in [4.78, 5) is 5.09. The zero-order valence-electron chi connectivity index (χ0n) is 8.64. The maximum absolute atomic E-state index is 3.49. The van der Waals surface area contributed by atoms with E-state index in [-0.39, 0.29) is 0 Å². The zero-order chi connectivity index (χ0) is 9.52. The van der Waals surface area contributed by atoms with Gasteiger partial charge in [0.2, 0.25) is 0 Å². The van der Waals surface area contributed by atoms with Crippen molar-refractivity contribution in [3.05, 3.63) is 0 Å². The molecule has 0 aromatic carbocycles. The van der Waals surface area contributed by atoms with Gasteiger partial charge in [-0.15, -0.1) is 0 Å². The van der Waals surface area contributed by atoms with Gasteiger partial charge in [-0.1, -0.05) is 22.9 Å². The molecule has 0 atom stereocenters. The monoisotopic (exact) mass is 248 g/mol. The Morgan fingerprint density at radius 3 is 2.46 bits per heavy atom. The van der Waals surface area contributed by atoms with Crippen LogP contribution in [0.2, 0.25) is 0 Å². The highest BCUT2D eigenvalue weighted by atomic mass is 79.9. The Hall–Kier alpha value is 0.400. The first-order chi connectivity index (χ1) is 6.36. The van der Waals surface area contributed by atoms with Crippen LogP contribution in [0.4, 0.5) is 0 Å². The molecule has 0 unspecified atom stereocenters. The number of likely N-dealkylation sites (N-methyl/N-ethyl adjacent to an activating group) is 1. The number of alkyl halides is 1. The van der Waals surface area contributed by atoms with E-state index < -0.39 is 0 Å². The minimum absolute atomic E-state index is 1.10. The van der Waals surface area contributed by atoms with Crippen LogP contribution in [0.1, 0.15) is 19.8 Å². The Labute approximate surface area is 90.4 Å². The number of nitrogens with zero attached hydrogens (tertiary/aromatic N) is 2. The summed E-state index contributed by atoms with van der Waals surface area (Å²) < 4.78 is 0. The van der Waals surface area contributed by atoms with Gasteiger partial charge in [-0.2, -0.15) is 0 Å². The molecule has 1 rings (SSSR count). The van der Waals surface area contributed by atoms with E-state index in [0.29, 0.717) is 0 Å². The number of hydrogen-bond donors (Lipinski definition) is 0. The van der Waals surface area contributed by atoms with Crippen LogP contribution in [-0.2, 0) is 0 Å². The topological polar surface area (TPSA) is 6.48 Å². The molecule has 0 aromatic rings. The van der Waals surface area contributed by atoms with Crippen molar-refractivity contribution in [1.82, 2.24) is 9.80 Å². The lowest BCUT2D eigenvalue weighted by Gasteiger charge is -2.22. The summed E-state index contributed by atoms with van der Waals surface area (Å²) in [7, 11) is 0. The molecule has 0 bridgehead atoms. The van der Waals surface area contributed by atoms with E-state index in [1.54, 1.807) is 0 Å². The van der Waals surface area contributed by atoms with E-state index in [0.717, 1.165) is 5.33 Å². The second-order valence-corrected chi connectivity index (χ2v) is 4.46. The molecule has 1 aliphatic rings. The lowest BCUT2D eigenvalue weighted by Crippen LogP contribution is -2.34. The number of rotatable bonds is 6. The quantitative estimate of drug-likeness (QED) is 0.662. The van der Waals surface area contributed by atoms with Crippen LogP contribution in [0.5, 0.6) is 0 Å². The zero-order valence-corrected chi connectivity index (χ0v) is 10.2. The summed E-state index contributed by atoms with van der Waals surface area (Å²) in [5.74, 6) is 0. The first-order valence-corrected chi connectivity index (χ1v) is 6.49. The molecule has 0 aromatic heterocycles. The Balaban J connectivity index is 2.07. The van der Waals surface area contributed by atoms with E-state index in [9.17, 15) is 0 Å². The van der Waals surface area contributed by atoms with Crippen LogP contribution in [0.15, 0.2) is 0 Å². The summed E-state index contributed by atoms with van der Waals surface area (Å²) in [6.45, 7) is 9.76. The summed E-state index contributed by atoms with van der Waals surface area (Å²) >= 11 is 3.49. The predicted octanol–water partition coefficient (Wildman–Crippen LogP) is 1.80. The van der Waals surface area contributed by atoms with Crippen LogP contribution in [-0.4, -0.2) is 54.4 Å². The molecule has 0 amide bonds. The number of hydrogen-bond acceptors (Lipinski definition) is 2. The van der Waals surface area contributed by atoms with Crippen molar-refractivity contribution in [3.8, 4) is 0 Å². The van der Waals surface area contributed by atoms with Crippen LogP contribution in [0, 0.1) is 0 Å². The highest BCUT2D eigenvalue weighted by molar-refractivity contribution is 9.09. The highest BCUT2D eigenvalue weighted by Gasteiger charge is 2.11. The third kappa shape index (κ3) is 4.43. The Kier molecular flexibility index (Phi) is 6.00. The van der Waals surface area contributed by atoms with Crippen LogP contribution in [0.25, 0.3) is 0 Å². The third-order valence-corrected chi connectivity index (χ3v) is 3.13. The van der Waals surface area contributed by atoms with Crippen molar-refractivity contribution in [2.24, 2.45) is 0 Å². The first-order valence-electron chi connectivity index (χ1n) is 5.37. The molecule has 3 heteroatoms. The molecule has 2 nitrogen and oxygen atoms in total. The third-order valence-electron chi connectivity index (χ3n) is 2.78. The summed E-state index contributed by atoms with van der Waals surface area (Å²) in [5, 5.41) is 1.10. The smallest absolute Gasteiger partial charge is 0.0159 e. The largest absolute Gasteiger partial charge is 0.302 e. The second kappa shape index (κ2) is 6.80. The van der Waals surface area contributed by atoms with E-state index in [2.05, 4.69) is 32.7 Å². The normalized spacial score (nSPS) is 18.7. The van der Waals surface area contributed by atoms with E-state index in [1.807, 2.05) is 0 Å². The lowest BCUT2D eigenvalue weighted by molar-refractivity contribution is 0.243. The van der Waals surface area contributed by atoms with Gasteiger partial charge in [-0.25, -0.2) is 0 Å². The van der Waals surface area contributed by atoms with Gasteiger partial charge in [0.25, 0.3) is 0 Å². The van der Waals surface area contributed by atoms with E-state index in [4.69, 9.17) is 0 Å². The average Bonchev–Trinajstić information content (AvgIpc) is 2.64. The van der Waals surface area contributed by atoms with Crippen molar-refractivity contribution >= 4 is 15.9 Å². The van der Waals surface area contributed by atoms with Crippen molar-refractivity contribution in [1.29, 1.82) is 0 Å². The molecule has 78 valence electrons. The van der Waals surface area contributed by atoms with Gasteiger partial charge >= 0.3 is 0 Å². The Bertz CT molecular complexity index is 124. The van der Waals surface area contributed by atoms with Gasteiger partial charge in [-0.05, 0) is 32.5 Å². The Morgan fingerprint density at radius 1 is 1.23 bits per heavy atom. The van der Waals surface area contributed by atoms with Gasteiger partial charge in [0.15, 0.2) is 0 Å². The SMILES string of the molecule is CCN(CCBr)CCN1CCCC1. The first kappa shape index (κ1) is 11.5. The van der Waals surface area contributed by atoms with E-state index >= 15 is 0 Å². The standard InChI is InChI=1S/C10H21BrN2/c1-2-12(8-5-11)9-10-13-6-3-4-7-13/h2-10H2,1H3. The fraction of sp³-hybridized carbons (Fsp3) is 1.00. The maximum atomic E-state index is 3.49. The van der Waals surface area contributed by atoms with Gasteiger partial charge in [0.05, 0.1) is 0 Å². The predicted molar refractivity (Wildman–Crippen MR) is 61.6 cm³/mol. The average molecular weight is 249 g/mol. The van der Waals surface area contributed by atoms with Gasteiger partial charge in [-0.3, -0.25) is 0 Å². The highest BCUT2D eigenvalue weighted by Crippen LogP contribution is 2.06. The van der Waals surface area contributed by atoms with E-state index in [1.165, 1.54) is 52.1 Å². The summed E-state index contributed by atoms with van der Waals surface area (Å²) in [6.07, 6.45) is 2.81. The molecule has 0 N–H and O–H groups in total.